The monoisotopic (exact) mass is 553 g/mol. The third-order valence-corrected chi connectivity index (χ3v) is 6.89. The molecule has 2 aromatic heterocycles. The second kappa shape index (κ2) is 10.1. The first-order valence-electron chi connectivity index (χ1n) is 11.0. The number of nitrogens with one attached hydrogen (secondary N) is 2. The predicted octanol–water partition coefficient (Wildman–Crippen LogP) is 4.20. The van der Waals surface area contributed by atoms with E-state index in [4.69, 9.17) is 32.7 Å². The summed E-state index contributed by atoms with van der Waals surface area (Å²) in [5.74, 6) is -2.99. The van der Waals surface area contributed by atoms with Crippen LogP contribution >= 0.6 is 23.2 Å². The Morgan fingerprint density at radius 1 is 1.19 bits per heavy atom. The number of benzene rings is 1. The van der Waals surface area contributed by atoms with Crippen molar-refractivity contribution >= 4 is 46.1 Å². The van der Waals surface area contributed by atoms with Crippen molar-refractivity contribution in [2.24, 2.45) is 7.05 Å². The van der Waals surface area contributed by atoms with Gasteiger partial charge in [0.2, 0.25) is 11.9 Å². The van der Waals surface area contributed by atoms with E-state index < -0.39 is 42.3 Å². The largest absolute Gasteiger partial charge is 0.495 e. The fourth-order valence-electron chi connectivity index (χ4n) is 4.34. The van der Waals surface area contributed by atoms with Crippen LogP contribution in [-0.2, 0) is 11.8 Å². The molecule has 0 bridgehead atoms. The number of hydrogen-bond donors (Lipinski definition) is 2. The van der Waals surface area contributed by atoms with Gasteiger partial charge in [-0.3, -0.25) is 14.2 Å². The summed E-state index contributed by atoms with van der Waals surface area (Å²) in [6, 6.07) is 1.34. The van der Waals surface area contributed by atoms with E-state index in [0.29, 0.717) is 5.39 Å². The summed E-state index contributed by atoms with van der Waals surface area (Å²) in [5.41, 5.74) is 0.150. The SMILES string of the molecule is C=CC(=O)NC1CC(F)(F)CC1Nc1ncc2cc(-c3c(Cl)c(OC)cc(OC)c3Cl)c(=O)n(C)c2n1. The van der Waals surface area contributed by atoms with Gasteiger partial charge in [-0.25, -0.2) is 13.8 Å². The minimum atomic E-state index is -2.98. The molecule has 1 saturated carbocycles. The van der Waals surface area contributed by atoms with E-state index in [1.54, 1.807) is 0 Å². The van der Waals surface area contributed by atoms with Gasteiger partial charge in [0.25, 0.3) is 11.5 Å². The first kappa shape index (κ1) is 26.6. The summed E-state index contributed by atoms with van der Waals surface area (Å²) in [7, 11) is 4.35. The van der Waals surface area contributed by atoms with Gasteiger partial charge >= 0.3 is 0 Å². The standard InChI is InChI=1S/C24H23Cl2F2N5O4/c1-5-17(34)30-13-8-24(27,28)9-14(13)31-23-29-10-11-6-12(22(35)33(2)21(11)32-23)18-19(25)15(36-3)7-16(37-4)20(18)26/h5-7,10,13-14H,1,8-9H2,2-4H3,(H,30,34)(H,29,31,32). The van der Waals surface area contributed by atoms with Gasteiger partial charge in [0, 0.05) is 43.1 Å². The molecule has 1 aromatic carbocycles. The van der Waals surface area contributed by atoms with Crippen LogP contribution in [0.25, 0.3) is 22.2 Å². The van der Waals surface area contributed by atoms with Crippen molar-refractivity contribution in [1.29, 1.82) is 0 Å². The minimum absolute atomic E-state index is 0.0231. The van der Waals surface area contributed by atoms with E-state index in [9.17, 15) is 18.4 Å². The third-order valence-electron chi connectivity index (χ3n) is 6.14. The number of nitrogens with zero attached hydrogens (tertiary/aromatic N) is 3. The molecular formula is C24H23Cl2F2N5O4. The van der Waals surface area contributed by atoms with E-state index >= 15 is 0 Å². The Morgan fingerprint density at radius 2 is 1.81 bits per heavy atom. The molecule has 1 amide bonds. The zero-order valence-electron chi connectivity index (χ0n) is 20.1. The normalized spacial score (nSPS) is 18.5. The Morgan fingerprint density at radius 3 is 2.41 bits per heavy atom. The first-order valence-corrected chi connectivity index (χ1v) is 11.8. The number of fused-ring (bicyclic) bond motifs is 1. The molecule has 3 aromatic rings. The van der Waals surface area contributed by atoms with Gasteiger partial charge in [0.15, 0.2) is 0 Å². The fourth-order valence-corrected chi connectivity index (χ4v) is 5.04. The van der Waals surface area contributed by atoms with Crippen molar-refractivity contribution < 1.29 is 23.0 Å². The Hall–Kier alpha value is -3.44. The Balaban J connectivity index is 1.76. The summed E-state index contributed by atoms with van der Waals surface area (Å²) in [6.07, 6.45) is 1.40. The minimum Gasteiger partial charge on any atom is -0.495 e. The highest BCUT2D eigenvalue weighted by atomic mass is 35.5. The van der Waals surface area contributed by atoms with Gasteiger partial charge in [0.05, 0.1) is 41.9 Å². The summed E-state index contributed by atoms with van der Waals surface area (Å²) in [5, 5.41) is 6.09. The molecule has 1 fully saturated rings. The molecule has 0 radical (unpaired) electrons. The molecule has 4 rings (SSSR count). The van der Waals surface area contributed by atoms with Crippen LogP contribution in [0.4, 0.5) is 14.7 Å². The molecule has 2 heterocycles. The van der Waals surface area contributed by atoms with Crippen LogP contribution in [0.5, 0.6) is 11.5 Å². The first-order chi connectivity index (χ1) is 17.5. The number of carbonyl (C=O) groups excluding carboxylic acids is 1. The van der Waals surface area contributed by atoms with Crippen molar-refractivity contribution in [2.75, 3.05) is 19.5 Å². The average Bonchev–Trinajstić information content (AvgIpc) is 3.14. The van der Waals surface area contributed by atoms with Crippen LogP contribution in [0.15, 0.2) is 35.8 Å². The van der Waals surface area contributed by atoms with Gasteiger partial charge in [-0.1, -0.05) is 29.8 Å². The smallest absolute Gasteiger partial charge is 0.259 e. The fraction of sp³-hybridized carbons (Fsp3) is 0.333. The zero-order chi connectivity index (χ0) is 27.1. The topological polar surface area (TPSA) is 107 Å². The molecule has 0 aliphatic heterocycles. The number of carbonyl (C=O) groups is 1. The lowest BCUT2D eigenvalue weighted by Gasteiger charge is -2.21. The summed E-state index contributed by atoms with van der Waals surface area (Å²) >= 11 is 13.0. The Bertz CT molecular complexity index is 1440. The number of amides is 1. The average molecular weight is 554 g/mol. The van der Waals surface area contributed by atoms with Crippen molar-refractivity contribution in [2.45, 2.75) is 30.8 Å². The number of aromatic nitrogens is 3. The third kappa shape index (κ3) is 5.05. The summed E-state index contributed by atoms with van der Waals surface area (Å²) < 4.78 is 40.1. The van der Waals surface area contributed by atoms with Gasteiger partial charge < -0.3 is 20.1 Å². The highest BCUT2D eigenvalue weighted by molar-refractivity contribution is 6.41. The summed E-state index contributed by atoms with van der Waals surface area (Å²) in [4.78, 5) is 33.7. The maximum Gasteiger partial charge on any atom is 0.259 e. The molecule has 2 atom stereocenters. The van der Waals surface area contributed by atoms with Gasteiger partial charge in [0.1, 0.15) is 17.1 Å². The van der Waals surface area contributed by atoms with Gasteiger partial charge in [-0.05, 0) is 12.1 Å². The molecule has 1 aliphatic rings. The number of anilines is 1. The Labute approximate surface area is 220 Å². The molecule has 0 saturated heterocycles. The molecule has 9 nitrogen and oxygen atoms in total. The summed E-state index contributed by atoms with van der Waals surface area (Å²) in [6.45, 7) is 3.35. The second-order valence-corrected chi connectivity index (χ2v) is 9.27. The number of rotatable bonds is 7. The lowest BCUT2D eigenvalue weighted by molar-refractivity contribution is -0.117. The maximum absolute atomic E-state index is 14.1. The Kier molecular flexibility index (Phi) is 7.29. The maximum atomic E-state index is 14.1. The van der Waals surface area contributed by atoms with E-state index in [1.165, 1.54) is 44.2 Å². The molecular weight excluding hydrogens is 531 g/mol. The lowest BCUT2D eigenvalue weighted by atomic mass is 10.0. The van der Waals surface area contributed by atoms with E-state index in [0.717, 1.165) is 6.08 Å². The van der Waals surface area contributed by atoms with Crippen molar-refractivity contribution in [3.8, 4) is 22.6 Å². The van der Waals surface area contributed by atoms with Crippen LogP contribution in [0.1, 0.15) is 12.8 Å². The van der Waals surface area contributed by atoms with Crippen molar-refractivity contribution in [3.63, 3.8) is 0 Å². The van der Waals surface area contributed by atoms with Crippen molar-refractivity contribution in [1.82, 2.24) is 19.9 Å². The molecule has 0 spiro atoms. The van der Waals surface area contributed by atoms with Crippen LogP contribution in [0.2, 0.25) is 10.0 Å². The molecule has 2 unspecified atom stereocenters. The number of alkyl halides is 2. The zero-order valence-corrected chi connectivity index (χ0v) is 21.6. The van der Waals surface area contributed by atoms with Crippen LogP contribution in [0, 0.1) is 0 Å². The quantitative estimate of drug-likeness (QED) is 0.422. The number of hydrogen-bond acceptors (Lipinski definition) is 7. The number of halogens is 4. The highest BCUT2D eigenvalue weighted by Crippen LogP contribution is 2.45. The molecule has 2 N–H and O–H groups in total. The van der Waals surface area contributed by atoms with E-state index in [1.807, 2.05) is 0 Å². The number of pyridine rings is 1. The van der Waals surface area contributed by atoms with Crippen LogP contribution < -0.4 is 25.7 Å². The van der Waals surface area contributed by atoms with Crippen LogP contribution in [0.3, 0.4) is 0 Å². The van der Waals surface area contributed by atoms with Crippen molar-refractivity contribution in [3.05, 3.63) is 51.4 Å². The van der Waals surface area contributed by atoms with E-state index in [2.05, 4.69) is 27.2 Å². The number of aryl methyl sites for hydroxylation is 1. The predicted molar refractivity (Wildman–Crippen MR) is 137 cm³/mol. The van der Waals surface area contributed by atoms with Crippen LogP contribution in [-0.4, -0.2) is 52.7 Å². The molecule has 1 aliphatic carbocycles. The van der Waals surface area contributed by atoms with E-state index in [-0.39, 0.29) is 44.3 Å². The number of methoxy groups -OCH3 is 2. The van der Waals surface area contributed by atoms with Gasteiger partial charge in [-0.15, -0.1) is 0 Å². The highest BCUT2D eigenvalue weighted by Gasteiger charge is 2.47. The van der Waals surface area contributed by atoms with Gasteiger partial charge in [-0.2, -0.15) is 4.98 Å². The second-order valence-electron chi connectivity index (χ2n) is 8.51. The molecule has 196 valence electrons. The number of ether oxygens (including phenoxy) is 2. The molecule has 13 heteroatoms. The lowest BCUT2D eigenvalue weighted by Crippen LogP contribution is -2.43. The molecule has 37 heavy (non-hydrogen) atoms.